The number of nitrogens with zero attached hydrogens (tertiary/aromatic N) is 3. The van der Waals surface area contributed by atoms with Gasteiger partial charge in [0.1, 0.15) is 17.6 Å². The molecule has 27 heavy (non-hydrogen) atoms. The molecule has 0 bridgehead atoms. The lowest BCUT2D eigenvalue weighted by molar-refractivity contribution is 0.0487. The Morgan fingerprint density at radius 2 is 2.11 bits per heavy atom. The van der Waals surface area contributed by atoms with Gasteiger partial charge in [0.15, 0.2) is 0 Å². The van der Waals surface area contributed by atoms with Crippen molar-refractivity contribution >= 4 is 5.97 Å². The molecule has 0 aliphatic heterocycles. The summed E-state index contributed by atoms with van der Waals surface area (Å²) in [7, 11) is 0. The number of rotatable bonds is 5. The van der Waals surface area contributed by atoms with Crippen molar-refractivity contribution in [3.63, 3.8) is 0 Å². The van der Waals surface area contributed by atoms with Crippen molar-refractivity contribution in [3.8, 4) is 22.9 Å². The molecule has 7 heteroatoms. The van der Waals surface area contributed by atoms with Crippen molar-refractivity contribution < 1.29 is 19.1 Å². The van der Waals surface area contributed by atoms with Gasteiger partial charge in [0, 0.05) is 11.3 Å². The summed E-state index contributed by atoms with van der Waals surface area (Å²) in [6, 6.07) is 10.2. The monoisotopic (exact) mass is 365 g/mol. The minimum atomic E-state index is -0.495. The molecule has 0 amide bonds. The molecule has 0 spiro atoms. The molecular formula is C20H19N3O4. The standard InChI is InChI=1S/C20H19N3O4/c1-4-26-20(25)18-8-7-16(27-18)11-23-13(3)19(12(2)22-23)14-5-6-15(10-21)17(24)9-14/h5-9,24H,4,11H2,1-3H3. The lowest BCUT2D eigenvalue weighted by Crippen LogP contribution is -2.04. The molecule has 3 rings (SSSR count). The van der Waals surface area contributed by atoms with E-state index in [-0.39, 0.29) is 23.7 Å². The Labute approximate surface area is 156 Å². The van der Waals surface area contributed by atoms with E-state index in [4.69, 9.17) is 14.4 Å². The van der Waals surface area contributed by atoms with E-state index in [2.05, 4.69) is 5.10 Å². The van der Waals surface area contributed by atoms with Gasteiger partial charge in [-0.1, -0.05) is 6.07 Å². The van der Waals surface area contributed by atoms with Gasteiger partial charge in [-0.15, -0.1) is 0 Å². The van der Waals surface area contributed by atoms with Crippen LogP contribution in [0.3, 0.4) is 0 Å². The summed E-state index contributed by atoms with van der Waals surface area (Å²) in [4.78, 5) is 11.7. The van der Waals surface area contributed by atoms with Crippen molar-refractivity contribution in [3.05, 3.63) is 58.8 Å². The van der Waals surface area contributed by atoms with Gasteiger partial charge in [-0.3, -0.25) is 4.68 Å². The number of carbonyl (C=O) groups excluding carboxylic acids is 1. The Balaban J connectivity index is 1.89. The first-order chi connectivity index (χ1) is 12.9. The van der Waals surface area contributed by atoms with Gasteiger partial charge in [0.2, 0.25) is 5.76 Å². The van der Waals surface area contributed by atoms with Gasteiger partial charge < -0.3 is 14.3 Å². The van der Waals surface area contributed by atoms with E-state index in [9.17, 15) is 9.90 Å². The molecule has 0 saturated heterocycles. The molecule has 7 nitrogen and oxygen atoms in total. The van der Waals surface area contributed by atoms with E-state index < -0.39 is 5.97 Å². The van der Waals surface area contributed by atoms with Crippen molar-refractivity contribution in [2.75, 3.05) is 6.61 Å². The minimum absolute atomic E-state index is 0.0633. The van der Waals surface area contributed by atoms with E-state index in [1.165, 1.54) is 0 Å². The van der Waals surface area contributed by atoms with E-state index in [0.717, 1.165) is 22.5 Å². The minimum Gasteiger partial charge on any atom is -0.507 e. The number of ether oxygens (including phenoxy) is 1. The molecule has 0 saturated carbocycles. The van der Waals surface area contributed by atoms with E-state index in [1.54, 1.807) is 41.9 Å². The SMILES string of the molecule is CCOC(=O)c1ccc(Cn2nc(C)c(-c3ccc(C#N)c(O)c3)c2C)o1. The van der Waals surface area contributed by atoms with Crippen LogP contribution in [-0.4, -0.2) is 27.5 Å². The maximum atomic E-state index is 11.7. The maximum absolute atomic E-state index is 11.7. The molecule has 0 aliphatic carbocycles. The Morgan fingerprint density at radius 3 is 2.78 bits per heavy atom. The van der Waals surface area contributed by atoms with Crippen molar-refractivity contribution in [2.24, 2.45) is 0 Å². The molecule has 0 radical (unpaired) electrons. The van der Waals surface area contributed by atoms with Crippen LogP contribution in [0.1, 0.15) is 40.2 Å². The molecule has 138 valence electrons. The van der Waals surface area contributed by atoms with Crippen LogP contribution >= 0.6 is 0 Å². The summed E-state index contributed by atoms with van der Waals surface area (Å²) in [6.45, 7) is 6.17. The zero-order chi connectivity index (χ0) is 19.6. The van der Waals surface area contributed by atoms with Gasteiger partial charge in [-0.25, -0.2) is 4.79 Å². The number of nitriles is 1. The number of hydrogen-bond acceptors (Lipinski definition) is 6. The summed E-state index contributed by atoms with van der Waals surface area (Å²) in [5.74, 6) is 0.182. The number of aromatic hydroxyl groups is 1. The van der Waals surface area contributed by atoms with Gasteiger partial charge in [-0.05, 0) is 50.6 Å². The van der Waals surface area contributed by atoms with Gasteiger partial charge in [-0.2, -0.15) is 10.4 Å². The number of carbonyl (C=O) groups is 1. The van der Waals surface area contributed by atoms with E-state index in [0.29, 0.717) is 12.3 Å². The number of furan rings is 1. The van der Waals surface area contributed by atoms with E-state index >= 15 is 0 Å². The van der Waals surface area contributed by atoms with Crippen molar-refractivity contribution in [1.29, 1.82) is 5.26 Å². The van der Waals surface area contributed by atoms with Crippen LogP contribution in [0.4, 0.5) is 0 Å². The first-order valence-electron chi connectivity index (χ1n) is 8.48. The first kappa shape index (κ1) is 18.3. The van der Waals surface area contributed by atoms with Gasteiger partial charge in [0.25, 0.3) is 0 Å². The average molecular weight is 365 g/mol. The largest absolute Gasteiger partial charge is 0.507 e. The lowest BCUT2D eigenvalue weighted by Gasteiger charge is -2.06. The van der Waals surface area contributed by atoms with Gasteiger partial charge in [0.05, 0.1) is 24.4 Å². The van der Waals surface area contributed by atoms with Crippen LogP contribution in [-0.2, 0) is 11.3 Å². The topological polar surface area (TPSA) is 101 Å². The number of phenolic OH excluding ortho intramolecular Hbond substituents is 1. The second-order valence-corrected chi connectivity index (χ2v) is 6.03. The Bertz CT molecular complexity index is 1040. The van der Waals surface area contributed by atoms with Crippen LogP contribution in [0.25, 0.3) is 11.1 Å². The third kappa shape index (κ3) is 3.55. The predicted octanol–water partition coefficient (Wildman–Crippen LogP) is 3.56. The molecule has 3 aromatic rings. The smallest absolute Gasteiger partial charge is 0.374 e. The Hall–Kier alpha value is -3.53. The van der Waals surface area contributed by atoms with Crippen molar-refractivity contribution in [1.82, 2.24) is 9.78 Å². The molecule has 2 aromatic heterocycles. The highest BCUT2D eigenvalue weighted by molar-refractivity contribution is 5.86. The summed E-state index contributed by atoms with van der Waals surface area (Å²) >= 11 is 0. The number of phenols is 1. The van der Waals surface area contributed by atoms with Crippen LogP contribution in [0, 0.1) is 25.2 Å². The highest BCUT2D eigenvalue weighted by Crippen LogP contribution is 2.31. The van der Waals surface area contributed by atoms with Crippen LogP contribution < -0.4 is 0 Å². The normalized spacial score (nSPS) is 10.6. The van der Waals surface area contributed by atoms with Crippen molar-refractivity contribution in [2.45, 2.75) is 27.3 Å². The second kappa shape index (κ2) is 7.38. The number of aromatic nitrogens is 2. The van der Waals surface area contributed by atoms with Crippen LogP contribution in [0.5, 0.6) is 5.75 Å². The molecule has 0 unspecified atom stereocenters. The highest BCUT2D eigenvalue weighted by Gasteiger charge is 2.17. The summed E-state index contributed by atoms with van der Waals surface area (Å²) < 4.78 is 12.2. The fraction of sp³-hybridized carbons (Fsp3) is 0.250. The molecular weight excluding hydrogens is 346 g/mol. The number of aryl methyl sites for hydroxylation is 1. The van der Waals surface area contributed by atoms with E-state index in [1.807, 2.05) is 19.9 Å². The summed E-state index contributed by atoms with van der Waals surface area (Å²) in [5.41, 5.74) is 3.55. The lowest BCUT2D eigenvalue weighted by atomic mass is 10.0. The second-order valence-electron chi connectivity index (χ2n) is 6.03. The molecule has 2 heterocycles. The zero-order valence-electron chi connectivity index (χ0n) is 15.3. The average Bonchev–Trinajstić information content (AvgIpc) is 3.20. The first-order valence-corrected chi connectivity index (χ1v) is 8.48. The number of hydrogen-bond donors (Lipinski definition) is 1. The molecule has 1 aromatic carbocycles. The quantitative estimate of drug-likeness (QED) is 0.694. The molecule has 0 fully saturated rings. The highest BCUT2D eigenvalue weighted by atomic mass is 16.5. The third-order valence-electron chi connectivity index (χ3n) is 4.23. The number of esters is 1. The fourth-order valence-electron chi connectivity index (χ4n) is 2.97. The fourth-order valence-corrected chi connectivity index (χ4v) is 2.97. The zero-order valence-corrected chi connectivity index (χ0v) is 15.3. The molecule has 0 atom stereocenters. The van der Waals surface area contributed by atoms with Crippen LogP contribution in [0.15, 0.2) is 34.7 Å². The Kier molecular flexibility index (Phi) is 4.99. The summed E-state index contributed by atoms with van der Waals surface area (Å²) in [5, 5.41) is 23.5. The predicted molar refractivity (Wildman–Crippen MR) is 97.3 cm³/mol. The third-order valence-corrected chi connectivity index (χ3v) is 4.23. The molecule has 0 aliphatic rings. The van der Waals surface area contributed by atoms with Gasteiger partial charge >= 0.3 is 5.97 Å². The number of benzene rings is 1. The summed E-state index contributed by atoms with van der Waals surface area (Å²) in [6.07, 6.45) is 0. The molecule has 1 N–H and O–H groups in total. The van der Waals surface area contributed by atoms with Crippen LogP contribution in [0.2, 0.25) is 0 Å². The maximum Gasteiger partial charge on any atom is 0.374 e. The Morgan fingerprint density at radius 1 is 1.33 bits per heavy atom.